The number of urea groups is 1. The SMILES string of the molecule is CC(C)c1cc(CN(C)C(=O)NCc2ccc3c(c2)CCCC3)no1. The second-order valence-electron chi connectivity index (χ2n) is 7.20. The van der Waals surface area contributed by atoms with E-state index in [0.717, 1.165) is 23.4 Å². The number of aromatic nitrogens is 1. The number of nitrogens with zero attached hydrogens (tertiary/aromatic N) is 2. The van der Waals surface area contributed by atoms with Crippen LogP contribution in [0.2, 0.25) is 0 Å². The average Bonchev–Trinajstić information content (AvgIpc) is 3.08. The van der Waals surface area contributed by atoms with Gasteiger partial charge in [0, 0.05) is 25.6 Å². The van der Waals surface area contributed by atoms with E-state index < -0.39 is 0 Å². The molecule has 0 bridgehead atoms. The molecule has 1 aromatic heterocycles. The highest BCUT2D eigenvalue weighted by Crippen LogP contribution is 2.22. The van der Waals surface area contributed by atoms with Gasteiger partial charge in [-0.25, -0.2) is 4.79 Å². The van der Waals surface area contributed by atoms with Crippen molar-refractivity contribution in [2.75, 3.05) is 7.05 Å². The van der Waals surface area contributed by atoms with Crippen molar-refractivity contribution in [3.05, 3.63) is 52.4 Å². The number of hydrogen-bond donors (Lipinski definition) is 1. The molecule has 0 aliphatic heterocycles. The fraction of sp³-hybridized carbons (Fsp3) is 0.500. The summed E-state index contributed by atoms with van der Waals surface area (Å²) in [5.41, 5.74) is 4.83. The van der Waals surface area contributed by atoms with Crippen molar-refractivity contribution in [3.8, 4) is 0 Å². The number of carbonyl (C=O) groups excluding carboxylic acids is 1. The molecule has 1 aromatic carbocycles. The van der Waals surface area contributed by atoms with Crippen LogP contribution in [0.4, 0.5) is 4.79 Å². The van der Waals surface area contributed by atoms with Gasteiger partial charge in [0.15, 0.2) is 0 Å². The Morgan fingerprint density at radius 2 is 2.00 bits per heavy atom. The first-order valence-corrected chi connectivity index (χ1v) is 9.08. The molecule has 0 spiro atoms. The summed E-state index contributed by atoms with van der Waals surface area (Å²) in [5, 5.41) is 7.01. The molecule has 2 aromatic rings. The van der Waals surface area contributed by atoms with Gasteiger partial charge in [0.2, 0.25) is 0 Å². The summed E-state index contributed by atoms with van der Waals surface area (Å²) in [5.74, 6) is 1.14. The van der Waals surface area contributed by atoms with E-state index in [0.29, 0.717) is 19.0 Å². The lowest BCUT2D eigenvalue weighted by Gasteiger charge is -2.18. The minimum Gasteiger partial charge on any atom is -0.361 e. The van der Waals surface area contributed by atoms with E-state index in [1.165, 1.54) is 30.4 Å². The highest BCUT2D eigenvalue weighted by Gasteiger charge is 2.14. The zero-order valence-electron chi connectivity index (χ0n) is 15.3. The van der Waals surface area contributed by atoms with Crippen LogP contribution in [0.15, 0.2) is 28.8 Å². The second-order valence-corrected chi connectivity index (χ2v) is 7.20. The van der Waals surface area contributed by atoms with Crippen molar-refractivity contribution < 1.29 is 9.32 Å². The quantitative estimate of drug-likeness (QED) is 0.893. The summed E-state index contributed by atoms with van der Waals surface area (Å²) < 4.78 is 5.28. The van der Waals surface area contributed by atoms with Gasteiger partial charge in [-0.1, -0.05) is 37.2 Å². The monoisotopic (exact) mass is 341 g/mol. The number of hydrogen-bond acceptors (Lipinski definition) is 3. The third kappa shape index (κ3) is 4.41. The number of aryl methyl sites for hydroxylation is 2. The van der Waals surface area contributed by atoms with Crippen molar-refractivity contribution >= 4 is 6.03 Å². The predicted molar refractivity (Wildman–Crippen MR) is 97.4 cm³/mol. The van der Waals surface area contributed by atoms with Crippen molar-refractivity contribution in [3.63, 3.8) is 0 Å². The lowest BCUT2D eigenvalue weighted by molar-refractivity contribution is 0.205. The summed E-state index contributed by atoms with van der Waals surface area (Å²) in [6.45, 7) is 5.09. The molecule has 0 atom stereocenters. The van der Waals surface area contributed by atoms with Crippen molar-refractivity contribution in [2.45, 2.75) is 58.5 Å². The van der Waals surface area contributed by atoms with E-state index in [-0.39, 0.29) is 6.03 Å². The summed E-state index contributed by atoms with van der Waals surface area (Å²) in [6, 6.07) is 8.38. The molecule has 0 fully saturated rings. The van der Waals surface area contributed by atoms with Crippen LogP contribution in [0.5, 0.6) is 0 Å². The lowest BCUT2D eigenvalue weighted by Crippen LogP contribution is -2.36. The maximum absolute atomic E-state index is 12.3. The number of fused-ring (bicyclic) bond motifs is 1. The molecule has 1 aliphatic carbocycles. The maximum Gasteiger partial charge on any atom is 0.317 e. The molecule has 5 nitrogen and oxygen atoms in total. The van der Waals surface area contributed by atoms with E-state index >= 15 is 0 Å². The summed E-state index contributed by atoms with van der Waals surface area (Å²) in [6.07, 6.45) is 4.89. The molecule has 0 radical (unpaired) electrons. The first-order valence-electron chi connectivity index (χ1n) is 9.08. The Bertz CT molecular complexity index is 736. The number of amides is 2. The standard InChI is InChI=1S/C20H27N3O2/c1-14(2)19-11-18(22-25-19)13-23(3)20(24)21-12-15-8-9-16-6-4-5-7-17(16)10-15/h8-11,14H,4-7,12-13H2,1-3H3,(H,21,24). The van der Waals surface area contributed by atoms with Gasteiger partial charge in [-0.3, -0.25) is 0 Å². The molecular weight excluding hydrogens is 314 g/mol. The lowest BCUT2D eigenvalue weighted by atomic mass is 9.90. The minimum absolute atomic E-state index is 0.105. The third-order valence-electron chi connectivity index (χ3n) is 4.75. The van der Waals surface area contributed by atoms with Gasteiger partial charge < -0.3 is 14.7 Å². The Hall–Kier alpha value is -2.30. The topological polar surface area (TPSA) is 58.4 Å². The van der Waals surface area contributed by atoms with Crippen LogP contribution < -0.4 is 5.32 Å². The predicted octanol–water partition coefficient (Wildman–Crippen LogP) is 4.02. The van der Waals surface area contributed by atoms with Crippen LogP contribution in [0.25, 0.3) is 0 Å². The fourth-order valence-electron chi connectivity index (χ4n) is 3.20. The summed E-state index contributed by atoms with van der Waals surface area (Å²) >= 11 is 0. The van der Waals surface area contributed by atoms with Gasteiger partial charge in [0.05, 0.1) is 6.54 Å². The van der Waals surface area contributed by atoms with E-state index in [9.17, 15) is 4.79 Å². The summed E-state index contributed by atoms with van der Waals surface area (Å²) in [7, 11) is 1.77. The molecule has 25 heavy (non-hydrogen) atoms. The van der Waals surface area contributed by atoms with E-state index in [1.807, 2.05) is 6.07 Å². The van der Waals surface area contributed by atoms with E-state index in [2.05, 4.69) is 42.5 Å². The van der Waals surface area contributed by atoms with Crippen LogP contribution in [0.1, 0.15) is 60.8 Å². The maximum atomic E-state index is 12.3. The van der Waals surface area contributed by atoms with Crippen molar-refractivity contribution in [1.82, 2.24) is 15.4 Å². The van der Waals surface area contributed by atoms with Crippen LogP contribution in [0, 0.1) is 0 Å². The minimum atomic E-state index is -0.105. The van der Waals surface area contributed by atoms with Crippen molar-refractivity contribution in [1.29, 1.82) is 0 Å². The Morgan fingerprint density at radius 1 is 1.24 bits per heavy atom. The van der Waals surface area contributed by atoms with E-state index in [4.69, 9.17) is 4.52 Å². The number of carbonyl (C=O) groups is 1. The van der Waals surface area contributed by atoms with Gasteiger partial charge in [-0.05, 0) is 42.4 Å². The smallest absolute Gasteiger partial charge is 0.317 e. The van der Waals surface area contributed by atoms with Crippen LogP contribution in [-0.2, 0) is 25.9 Å². The third-order valence-corrected chi connectivity index (χ3v) is 4.75. The molecule has 2 amide bonds. The van der Waals surface area contributed by atoms with Gasteiger partial charge >= 0.3 is 6.03 Å². The first kappa shape index (κ1) is 17.5. The Kier molecular flexibility index (Phi) is 5.41. The molecule has 1 aliphatic rings. The zero-order valence-corrected chi connectivity index (χ0v) is 15.3. The first-order chi connectivity index (χ1) is 12.0. The zero-order chi connectivity index (χ0) is 17.8. The number of benzene rings is 1. The van der Waals surface area contributed by atoms with Crippen LogP contribution >= 0.6 is 0 Å². The molecule has 1 heterocycles. The number of nitrogens with one attached hydrogen (secondary N) is 1. The molecule has 1 N–H and O–H groups in total. The number of rotatable bonds is 5. The molecule has 5 heteroatoms. The Balaban J connectivity index is 1.53. The molecule has 0 saturated heterocycles. The Morgan fingerprint density at radius 3 is 2.72 bits per heavy atom. The largest absolute Gasteiger partial charge is 0.361 e. The summed E-state index contributed by atoms with van der Waals surface area (Å²) in [4.78, 5) is 13.9. The van der Waals surface area contributed by atoms with Gasteiger partial charge in [-0.2, -0.15) is 0 Å². The second kappa shape index (κ2) is 7.72. The molecule has 0 saturated carbocycles. The molecule has 3 rings (SSSR count). The van der Waals surface area contributed by atoms with E-state index in [1.54, 1.807) is 11.9 Å². The average molecular weight is 341 g/mol. The van der Waals surface area contributed by atoms with Gasteiger partial charge in [0.25, 0.3) is 0 Å². The highest BCUT2D eigenvalue weighted by atomic mass is 16.5. The van der Waals surface area contributed by atoms with Crippen molar-refractivity contribution in [2.24, 2.45) is 0 Å². The van der Waals surface area contributed by atoms with Crippen LogP contribution in [-0.4, -0.2) is 23.1 Å². The Labute approximate surface area is 149 Å². The molecule has 134 valence electrons. The normalized spacial score (nSPS) is 13.6. The molecular formula is C20H27N3O2. The molecule has 0 unspecified atom stereocenters. The van der Waals surface area contributed by atoms with Crippen LogP contribution in [0.3, 0.4) is 0 Å². The fourth-order valence-corrected chi connectivity index (χ4v) is 3.20. The van der Waals surface area contributed by atoms with Gasteiger partial charge in [0.1, 0.15) is 11.5 Å². The highest BCUT2D eigenvalue weighted by molar-refractivity contribution is 5.73. The van der Waals surface area contributed by atoms with Gasteiger partial charge in [-0.15, -0.1) is 0 Å².